The smallest absolute Gasteiger partial charge is 0.387 e. The van der Waals surface area contributed by atoms with E-state index in [9.17, 15) is 8.78 Å². The van der Waals surface area contributed by atoms with Crippen LogP contribution in [0.2, 0.25) is 0 Å². The predicted molar refractivity (Wildman–Crippen MR) is 61.6 cm³/mol. The fourth-order valence-corrected chi connectivity index (χ4v) is 1.27. The summed E-state index contributed by atoms with van der Waals surface area (Å²) in [4.78, 5) is 0. The molecule has 0 amide bonds. The fraction of sp³-hybridized carbons (Fsp3) is 0.300. The molecule has 0 spiro atoms. The van der Waals surface area contributed by atoms with Gasteiger partial charge in [0, 0.05) is 6.54 Å². The van der Waals surface area contributed by atoms with E-state index in [0.29, 0.717) is 13.0 Å². The summed E-state index contributed by atoms with van der Waals surface area (Å²) in [7, 11) is 0. The van der Waals surface area contributed by atoms with Gasteiger partial charge in [-0.2, -0.15) is 8.78 Å². The Balaban J connectivity index is 2.42. The molecule has 88 valence electrons. The number of ether oxygens (including phenoxy) is 1. The van der Waals surface area contributed by atoms with E-state index in [1.165, 1.54) is 12.1 Å². The molecule has 3 nitrogen and oxygen atoms in total. The lowest BCUT2D eigenvalue weighted by Crippen LogP contribution is -2.30. The lowest BCUT2D eigenvalue weighted by atomic mass is 10.1. The van der Waals surface area contributed by atoms with Crippen LogP contribution in [0.5, 0.6) is 5.75 Å². The van der Waals surface area contributed by atoms with E-state index in [-0.39, 0.29) is 10.9 Å². The lowest BCUT2D eigenvalue weighted by Gasteiger charge is -2.06. The highest BCUT2D eigenvalue weighted by Crippen LogP contribution is 2.14. The largest absolute Gasteiger partial charge is 0.435 e. The molecule has 1 aromatic rings. The van der Waals surface area contributed by atoms with Gasteiger partial charge in [-0.1, -0.05) is 12.1 Å². The second kappa shape index (κ2) is 6.22. The zero-order valence-electron chi connectivity index (χ0n) is 8.45. The van der Waals surface area contributed by atoms with Crippen LogP contribution in [-0.4, -0.2) is 18.3 Å². The number of hydrogen-bond donors (Lipinski definition) is 2. The number of alkyl halides is 2. The molecule has 0 fully saturated rings. The van der Waals surface area contributed by atoms with Crippen molar-refractivity contribution in [2.45, 2.75) is 13.0 Å². The van der Waals surface area contributed by atoms with Gasteiger partial charge in [-0.25, -0.2) is 0 Å². The topological polar surface area (TPSA) is 47.3 Å². The molecule has 0 aromatic heterocycles. The number of nitrogens with one attached hydrogen (secondary N) is 1. The summed E-state index contributed by atoms with van der Waals surface area (Å²) < 4.78 is 27.9. The molecule has 0 atom stereocenters. The lowest BCUT2D eigenvalue weighted by molar-refractivity contribution is -0.0498. The van der Waals surface area contributed by atoms with Gasteiger partial charge in [0.1, 0.15) is 5.75 Å². The third kappa shape index (κ3) is 4.88. The molecule has 0 heterocycles. The minimum atomic E-state index is -2.79. The Morgan fingerprint density at radius 3 is 2.50 bits per heavy atom. The molecular weight excluding hydrogens is 234 g/mol. The van der Waals surface area contributed by atoms with Gasteiger partial charge in [0.05, 0.1) is 0 Å². The van der Waals surface area contributed by atoms with E-state index < -0.39 is 6.61 Å². The molecule has 0 aliphatic heterocycles. The van der Waals surface area contributed by atoms with Crippen LogP contribution in [0.1, 0.15) is 5.56 Å². The second-order valence-corrected chi connectivity index (χ2v) is 3.50. The molecule has 1 aromatic carbocycles. The summed E-state index contributed by atoms with van der Waals surface area (Å²) >= 11 is 4.64. The summed E-state index contributed by atoms with van der Waals surface area (Å²) in [6.07, 6.45) is 0.715. The van der Waals surface area contributed by atoms with E-state index >= 15 is 0 Å². The van der Waals surface area contributed by atoms with Crippen LogP contribution in [0.4, 0.5) is 8.78 Å². The average molecular weight is 246 g/mol. The quantitative estimate of drug-likeness (QED) is 0.776. The number of nitrogens with two attached hydrogens (primary N) is 1. The highest BCUT2D eigenvalue weighted by molar-refractivity contribution is 7.80. The van der Waals surface area contributed by atoms with Crippen molar-refractivity contribution in [2.75, 3.05) is 6.54 Å². The molecule has 0 aliphatic carbocycles. The molecule has 16 heavy (non-hydrogen) atoms. The average Bonchev–Trinajstić information content (AvgIpc) is 2.19. The van der Waals surface area contributed by atoms with Crippen LogP contribution >= 0.6 is 12.2 Å². The first-order chi connectivity index (χ1) is 7.58. The number of thiocarbonyl (C=S) groups is 1. The van der Waals surface area contributed by atoms with Gasteiger partial charge in [0.2, 0.25) is 0 Å². The summed E-state index contributed by atoms with van der Waals surface area (Å²) in [6, 6.07) is 6.45. The summed E-state index contributed by atoms with van der Waals surface area (Å²) in [6.45, 7) is -2.17. The molecule has 0 unspecified atom stereocenters. The van der Waals surface area contributed by atoms with Crippen molar-refractivity contribution in [2.24, 2.45) is 5.73 Å². The molecule has 0 radical (unpaired) electrons. The number of halogens is 2. The Kier molecular flexibility index (Phi) is 4.91. The van der Waals surface area contributed by atoms with E-state index in [0.717, 1.165) is 5.56 Å². The Labute approximate surface area is 97.6 Å². The maximum atomic E-state index is 11.9. The second-order valence-electron chi connectivity index (χ2n) is 3.06. The van der Waals surface area contributed by atoms with Gasteiger partial charge < -0.3 is 15.8 Å². The van der Waals surface area contributed by atoms with Gasteiger partial charge in [0.25, 0.3) is 0 Å². The van der Waals surface area contributed by atoms with Crippen molar-refractivity contribution in [1.29, 1.82) is 0 Å². The number of rotatable bonds is 5. The Hall–Kier alpha value is -1.43. The molecule has 0 bridgehead atoms. The third-order valence-corrected chi connectivity index (χ3v) is 2.01. The number of benzene rings is 1. The van der Waals surface area contributed by atoms with Crippen molar-refractivity contribution < 1.29 is 13.5 Å². The summed E-state index contributed by atoms with van der Waals surface area (Å²) in [5, 5.41) is 3.05. The normalized spacial score (nSPS) is 10.2. The van der Waals surface area contributed by atoms with E-state index in [1.54, 1.807) is 12.1 Å². The minimum Gasteiger partial charge on any atom is -0.435 e. The van der Waals surface area contributed by atoms with Crippen LogP contribution in [0.15, 0.2) is 24.3 Å². The maximum Gasteiger partial charge on any atom is 0.387 e. The van der Waals surface area contributed by atoms with Gasteiger partial charge in [-0.3, -0.25) is 0 Å². The van der Waals surface area contributed by atoms with Gasteiger partial charge in [-0.05, 0) is 36.3 Å². The van der Waals surface area contributed by atoms with Gasteiger partial charge in [-0.15, -0.1) is 0 Å². The molecule has 6 heteroatoms. The highest BCUT2D eigenvalue weighted by atomic mass is 32.1. The Morgan fingerprint density at radius 2 is 2.00 bits per heavy atom. The van der Waals surface area contributed by atoms with E-state index in [1.807, 2.05) is 0 Å². The first-order valence-corrected chi connectivity index (χ1v) is 5.06. The van der Waals surface area contributed by atoms with Crippen LogP contribution in [0, 0.1) is 0 Å². The van der Waals surface area contributed by atoms with Crippen molar-refractivity contribution in [3.63, 3.8) is 0 Å². The van der Waals surface area contributed by atoms with Gasteiger partial charge in [0.15, 0.2) is 5.11 Å². The highest BCUT2D eigenvalue weighted by Gasteiger charge is 2.03. The van der Waals surface area contributed by atoms with Crippen LogP contribution < -0.4 is 15.8 Å². The Bertz CT molecular complexity index is 343. The fourth-order valence-electron chi connectivity index (χ4n) is 1.17. The van der Waals surface area contributed by atoms with Gasteiger partial charge >= 0.3 is 6.61 Å². The van der Waals surface area contributed by atoms with Crippen molar-refractivity contribution >= 4 is 17.3 Å². The van der Waals surface area contributed by atoms with Crippen LogP contribution in [0.3, 0.4) is 0 Å². The van der Waals surface area contributed by atoms with E-state index in [4.69, 9.17) is 5.73 Å². The van der Waals surface area contributed by atoms with Crippen LogP contribution in [-0.2, 0) is 6.42 Å². The third-order valence-electron chi connectivity index (χ3n) is 1.86. The summed E-state index contributed by atoms with van der Waals surface area (Å²) in [5.74, 6) is 0.154. The zero-order valence-corrected chi connectivity index (χ0v) is 9.27. The predicted octanol–water partition coefficient (Wildman–Crippen LogP) is 1.66. The molecule has 3 N–H and O–H groups in total. The standard InChI is InChI=1S/C10H12F2N2OS/c11-9(12)15-8-3-1-7(2-4-8)5-6-14-10(13)16/h1-4,9H,5-6H2,(H3,13,14,16). The minimum absolute atomic E-state index is 0.154. The van der Waals surface area contributed by atoms with Crippen molar-refractivity contribution in [3.8, 4) is 5.75 Å². The van der Waals surface area contributed by atoms with Crippen molar-refractivity contribution in [1.82, 2.24) is 5.32 Å². The monoisotopic (exact) mass is 246 g/mol. The maximum absolute atomic E-state index is 11.9. The SMILES string of the molecule is NC(=S)NCCc1ccc(OC(F)F)cc1. The molecule has 0 saturated heterocycles. The summed E-state index contributed by atoms with van der Waals surface area (Å²) in [5.41, 5.74) is 6.24. The Morgan fingerprint density at radius 1 is 1.38 bits per heavy atom. The van der Waals surface area contributed by atoms with Crippen molar-refractivity contribution in [3.05, 3.63) is 29.8 Å². The molecular formula is C10H12F2N2OS. The zero-order chi connectivity index (χ0) is 12.0. The first-order valence-electron chi connectivity index (χ1n) is 4.65. The molecule has 0 aliphatic rings. The van der Waals surface area contributed by atoms with Crippen LogP contribution in [0.25, 0.3) is 0 Å². The first kappa shape index (κ1) is 12.6. The number of hydrogen-bond acceptors (Lipinski definition) is 2. The van der Waals surface area contributed by atoms with E-state index in [2.05, 4.69) is 22.3 Å². The molecule has 1 rings (SSSR count). The molecule has 0 saturated carbocycles.